The Morgan fingerprint density at radius 1 is 1.18 bits per heavy atom. The van der Waals surface area contributed by atoms with Gasteiger partial charge in [-0.1, -0.05) is 18.6 Å². The highest BCUT2D eigenvalue weighted by Crippen LogP contribution is 2.27. The third kappa shape index (κ3) is 3.56. The van der Waals surface area contributed by atoms with Gasteiger partial charge in [0, 0.05) is 19.0 Å². The highest BCUT2D eigenvalue weighted by molar-refractivity contribution is 5.90. The highest BCUT2D eigenvalue weighted by Gasteiger charge is 2.24. The normalized spacial score (nSPS) is 14.1. The topological polar surface area (TPSA) is 84.7 Å². The van der Waals surface area contributed by atoms with E-state index in [4.69, 9.17) is 5.10 Å². The summed E-state index contributed by atoms with van der Waals surface area (Å²) < 4.78 is 1.87. The Hall–Kier alpha value is -2.96. The summed E-state index contributed by atoms with van der Waals surface area (Å²) >= 11 is 0. The van der Waals surface area contributed by atoms with Gasteiger partial charge in [0.25, 0.3) is 0 Å². The summed E-state index contributed by atoms with van der Waals surface area (Å²) in [4.78, 5) is 21.2. The summed E-state index contributed by atoms with van der Waals surface area (Å²) in [5, 5.41) is 12.0. The summed E-state index contributed by atoms with van der Waals surface area (Å²) in [5.74, 6) is 1.82. The Labute approximate surface area is 164 Å². The van der Waals surface area contributed by atoms with Crippen LogP contribution in [0.4, 0.5) is 5.82 Å². The first-order valence-electron chi connectivity index (χ1n) is 9.85. The van der Waals surface area contributed by atoms with Crippen LogP contribution in [0.25, 0.3) is 16.7 Å². The maximum atomic E-state index is 12.0. The van der Waals surface area contributed by atoms with Gasteiger partial charge in [-0.15, -0.1) is 0 Å². The quantitative estimate of drug-likeness (QED) is 0.644. The highest BCUT2D eigenvalue weighted by atomic mass is 16.1. The van der Waals surface area contributed by atoms with E-state index in [0.717, 1.165) is 41.1 Å². The number of benzene rings is 1. The van der Waals surface area contributed by atoms with Crippen LogP contribution in [0.15, 0.2) is 24.3 Å². The third-order valence-electron chi connectivity index (χ3n) is 5.25. The van der Waals surface area contributed by atoms with Crippen molar-refractivity contribution in [2.75, 3.05) is 18.4 Å². The van der Waals surface area contributed by atoms with Gasteiger partial charge in [0.2, 0.25) is 5.91 Å². The Kier molecular flexibility index (Phi) is 4.98. The molecule has 1 aliphatic carbocycles. The van der Waals surface area contributed by atoms with E-state index in [1.165, 1.54) is 12.0 Å². The van der Waals surface area contributed by atoms with Crippen LogP contribution in [0.3, 0.4) is 0 Å². The van der Waals surface area contributed by atoms with E-state index < -0.39 is 0 Å². The van der Waals surface area contributed by atoms with Crippen LogP contribution in [0, 0.1) is 26.7 Å². The second kappa shape index (κ2) is 7.58. The van der Waals surface area contributed by atoms with Gasteiger partial charge in [0.1, 0.15) is 11.6 Å². The van der Waals surface area contributed by atoms with E-state index in [-0.39, 0.29) is 11.8 Å². The minimum absolute atomic E-state index is 0.167. The molecule has 1 saturated carbocycles. The molecule has 0 saturated heterocycles. The van der Waals surface area contributed by atoms with E-state index in [2.05, 4.69) is 39.7 Å². The van der Waals surface area contributed by atoms with Gasteiger partial charge in [-0.3, -0.25) is 4.79 Å². The average molecular weight is 378 g/mol. The van der Waals surface area contributed by atoms with Gasteiger partial charge in [-0.25, -0.2) is 14.6 Å². The minimum Gasteiger partial charge on any atom is -0.368 e. The molecule has 0 atom stereocenters. The number of carbonyl (C=O) groups excluding carboxylic acids is 1. The zero-order valence-electron chi connectivity index (χ0n) is 16.6. The van der Waals surface area contributed by atoms with Crippen LogP contribution in [-0.2, 0) is 4.79 Å². The molecule has 2 N–H and O–H groups in total. The van der Waals surface area contributed by atoms with E-state index in [1.54, 1.807) is 0 Å². The van der Waals surface area contributed by atoms with Gasteiger partial charge >= 0.3 is 0 Å². The molecule has 2 aromatic heterocycles. The van der Waals surface area contributed by atoms with Gasteiger partial charge in [0.05, 0.1) is 16.8 Å². The van der Waals surface area contributed by atoms with Crippen molar-refractivity contribution in [3.8, 4) is 5.69 Å². The molecule has 0 radical (unpaired) electrons. The Bertz CT molecular complexity index is 1020. The Morgan fingerprint density at radius 2 is 2.00 bits per heavy atom. The van der Waals surface area contributed by atoms with Crippen LogP contribution in [-0.4, -0.2) is 38.7 Å². The number of hydrogen-bond acceptors (Lipinski definition) is 5. The zero-order valence-corrected chi connectivity index (χ0v) is 16.6. The van der Waals surface area contributed by atoms with Gasteiger partial charge in [-0.05, 0) is 51.3 Å². The lowest BCUT2D eigenvalue weighted by molar-refractivity contribution is -0.127. The summed E-state index contributed by atoms with van der Waals surface area (Å²) in [7, 11) is 0. The first-order chi connectivity index (χ1) is 13.5. The molecule has 0 unspecified atom stereocenters. The summed E-state index contributed by atoms with van der Waals surface area (Å²) in [5.41, 5.74) is 3.81. The molecule has 4 rings (SSSR count). The zero-order chi connectivity index (χ0) is 19.7. The van der Waals surface area contributed by atoms with E-state index in [0.29, 0.717) is 18.9 Å². The number of aryl methyl sites for hydroxylation is 3. The van der Waals surface area contributed by atoms with E-state index >= 15 is 0 Å². The predicted molar refractivity (Wildman–Crippen MR) is 110 cm³/mol. The van der Waals surface area contributed by atoms with Crippen molar-refractivity contribution in [3.05, 3.63) is 41.3 Å². The van der Waals surface area contributed by atoms with Crippen molar-refractivity contribution in [3.63, 3.8) is 0 Å². The SMILES string of the molecule is Cc1cccc(-n2nc(C)c3c(NCCNC(=O)C4CCC4)nc(C)nc32)c1. The third-order valence-corrected chi connectivity index (χ3v) is 5.25. The lowest BCUT2D eigenvalue weighted by Crippen LogP contribution is -2.37. The first kappa shape index (κ1) is 18.4. The van der Waals surface area contributed by atoms with Crippen molar-refractivity contribution < 1.29 is 4.79 Å². The standard InChI is InChI=1S/C21H26N6O/c1-13-6-4-9-17(12-13)27-20-18(14(2)26-27)19(24-15(3)25-20)22-10-11-23-21(28)16-7-5-8-16/h4,6,9,12,16H,5,7-8,10-11H2,1-3H3,(H,23,28)(H,22,24,25). The predicted octanol–water partition coefficient (Wildman–Crippen LogP) is 3.07. The van der Waals surface area contributed by atoms with E-state index in [9.17, 15) is 4.79 Å². The number of nitrogens with one attached hydrogen (secondary N) is 2. The van der Waals surface area contributed by atoms with Crippen molar-refractivity contribution >= 4 is 22.8 Å². The smallest absolute Gasteiger partial charge is 0.223 e. The van der Waals surface area contributed by atoms with Gasteiger partial charge < -0.3 is 10.6 Å². The number of aromatic nitrogens is 4. The summed E-state index contributed by atoms with van der Waals surface area (Å²) in [6.07, 6.45) is 3.20. The fourth-order valence-electron chi connectivity index (χ4n) is 3.54. The second-order valence-corrected chi connectivity index (χ2v) is 7.50. The molecule has 3 aromatic rings. The van der Waals surface area contributed by atoms with Crippen LogP contribution >= 0.6 is 0 Å². The maximum Gasteiger partial charge on any atom is 0.223 e. The average Bonchev–Trinajstić information content (AvgIpc) is 2.93. The van der Waals surface area contributed by atoms with Crippen LogP contribution in [0.5, 0.6) is 0 Å². The number of carbonyl (C=O) groups is 1. The molecule has 1 fully saturated rings. The Morgan fingerprint density at radius 3 is 2.71 bits per heavy atom. The first-order valence-corrected chi connectivity index (χ1v) is 9.85. The van der Waals surface area contributed by atoms with Gasteiger partial charge in [0.15, 0.2) is 5.65 Å². The number of anilines is 1. The largest absolute Gasteiger partial charge is 0.368 e. The Balaban J connectivity index is 1.56. The molecule has 0 spiro atoms. The molecule has 0 aliphatic heterocycles. The monoisotopic (exact) mass is 378 g/mol. The molecule has 7 heteroatoms. The molecular weight excluding hydrogens is 352 g/mol. The number of rotatable bonds is 6. The molecule has 2 heterocycles. The van der Waals surface area contributed by atoms with Crippen molar-refractivity contribution in [2.45, 2.75) is 40.0 Å². The van der Waals surface area contributed by atoms with Crippen LogP contribution in [0.2, 0.25) is 0 Å². The fourth-order valence-corrected chi connectivity index (χ4v) is 3.54. The lowest BCUT2D eigenvalue weighted by Gasteiger charge is -2.24. The lowest BCUT2D eigenvalue weighted by atomic mass is 9.85. The van der Waals surface area contributed by atoms with Crippen molar-refractivity contribution in [1.29, 1.82) is 0 Å². The molecular formula is C21H26N6O. The molecule has 0 bridgehead atoms. The molecule has 1 aromatic carbocycles. The number of amides is 1. The molecule has 7 nitrogen and oxygen atoms in total. The summed E-state index contributed by atoms with van der Waals surface area (Å²) in [6, 6.07) is 8.20. The maximum absolute atomic E-state index is 12.0. The number of hydrogen-bond donors (Lipinski definition) is 2. The fraction of sp³-hybridized carbons (Fsp3) is 0.429. The molecule has 1 aliphatic rings. The second-order valence-electron chi connectivity index (χ2n) is 7.50. The van der Waals surface area contributed by atoms with Crippen molar-refractivity contribution in [1.82, 2.24) is 25.1 Å². The van der Waals surface area contributed by atoms with Crippen molar-refractivity contribution in [2.24, 2.45) is 5.92 Å². The molecule has 28 heavy (non-hydrogen) atoms. The van der Waals surface area contributed by atoms with Gasteiger partial charge in [-0.2, -0.15) is 5.10 Å². The number of fused-ring (bicyclic) bond motifs is 1. The minimum atomic E-state index is 0.167. The van der Waals surface area contributed by atoms with Crippen LogP contribution in [0.1, 0.15) is 36.3 Å². The van der Waals surface area contributed by atoms with Crippen LogP contribution < -0.4 is 10.6 Å². The van der Waals surface area contributed by atoms with E-state index in [1.807, 2.05) is 30.7 Å². The number of nitrogens with zero attached hydrogens (tertiary/aromatic N) is 4. The molecule has 146 valence electrons. The molecule has 1 amide bonds. The summed E-state index contributed by atoms with van der Waals surface area (Å²) in [6.45, 7) is 7.10.